The smallest absolute Gasteiger partial charge is 0.282 e. The molecule has 0 aliphatic rings. The van der Waals surface area contributed by atoms with Crippen molar-refractivity contribution in [2.24, 2.45) is 5.73 Å². The standard InChI is InChI=1S/C18H18F2N4O2/c1-25-17-7-4-13(11-22-17)24-16(10-15(23-24)18(19)20)12-2-5-14(6-3-12)26-9-8-21/h2-7,10-11,18H,8-9,21H2,1H3. The lowest BCUT2D eigenvalue weighted by Crippen LogP contribution is -2.10. The molecule has 0 saturated heterocycles. The van der Waals surface area contributed by atoms with Gasteiger partial charge >= 0.3 is 0 Å². The predicted molar refractivity (Wildman–Crippen MR) is 92.9 cm³/mol. The summed E-state index contributed by atoms with van der Waals surface area (Å²) in [5, 5.41) is 4.02. The molecule has 26 heavy (non-hydrogen) atoms. The minimum atomic E-state index is -2.67. The highest BCUT2D eigenvalue weighted by molar-refractivity contribution is 5.63. The SMILES string of the molecule is COc1ccc(-n2nc(C(F)F)cc2-c2ccc(OCCN)cc2)cn1. The van der Waals surface area contributed by atoms with Crippen molar-refractivity contribution in [2.45, 2.75) is 6.43 Å². The second kappa shape index (κ2) is 7.92. The van der Waals surface area contributed by atoms with Crippen molar-refractivity contribution in [3.63, 3.8) is 0 Å². The Kier molecular flexibility index (Phi) is 5.43. The molecular weight excluding hydrogens is 342 g/mol. The van der Waals surface area contributed by atoms with E-state index in [1.807, 2.05) is 0 Å². The van der Waals surface area contributed by atoms with Crippen molar-refractivity contribution in [1.29, 1.82) is 0 Å². The number of nitrogens with zero attached hydrogens (tertiary/aromatic N) is 3. The number of alkyl halides is 2. The second-order valence-corrected chi connectivity index (χ2v) is 5.39. The summed E-state index contributed by atoms with van der Waals surface area (Å²) in [6, 6.07) is 11.8. The summed E-state index contributed by atoms with van der Waals surface area (Å²) >= 11 is 0. The second-order valence-electron chi connectivity index (χ2n) is 5.39. The van der Waals surface area contributed by atoms with Crippen molar-refractivity contribution in [3.05, 3.63) is 54.4 Å². The third-order valence-electron chi connectivity index (χ3n) is 3.66. The minimum absolute atomic E-state index is 0.306. The van der Waals surface area contributed by atoms with Gasteiger partial charge in [-0.25, -0.2) is 18.4 Å². The van der Waals surface area contributed by atoms with Gasteiger partial charge < -0.3 is 15.2 Å². The zero-order valence-electron chi connectivity index (χ0n) is 14.1. The van der Waals surface area contributed by atoms with Crippen LogP contribution in [0.1, 0.15) is 12.1 Å². The van der Waals surface area contributed by atoms with E-state index >= 15 is 0 Å². The molecule has 1 aromatic carbocycles. The molecule has 0 bridgehead atoms. The molecule has 2 N–H and O–H groups in total. The van der Waals surface area contributed by atoms with Gasteiger partial charge in [-0.1, -0.05) is 0 Å². The Balaban J connectivity index is 1.99. The van der Waals surface area contributed by atoms with E-state index in [4.69, 9.17) is 15.2 Å². The number of hydrogen-bond donors (Lipinski definition) is 1. The number of hydrogen-bond acceptors (Lipinski definition) is 5. The Hall–Kier alpha value is -3.00. The van der Waals surface area contributed by atoms with Crippen LogP contribution in [0.3, 0.4) is 0 Å². The number of methoxy groups -OCH3 is 1. The van der Waals surface area contributed by atoms with E-state index in [-0.39, 0.29) is 5.69 Å². The first-order valence-corrected chi connectivity index (χ1v) is 7.94. The Morgan fingerprint density at radius 1 is 1.15 bits per heavy atom. The van der Waals surface area contributed by atoms with Crippen LogP contribution in [0.2, 0.25) is 0 Å². The number of rotatable bonds is 7. The maximum Gasteiger partial charge on any atom is 0.282 e. The molecule has 6 nitrogen and oxygen atoms in total. The van der Waals surface area contributed by atoms with Gasteiger partial charge in [0.1, 0.15) is 18.1 Å². The largest absolute Gasteiger partial charge is 0.492 e. The van der Waals surface area contributed by atoms with Crippen molar-refractivity contribution in [1.82, 2.24) is 14.8 Å². The molecule has 0 spiro atoms. The molecular formula is C18H18F2N4O2. The summed E-state index contributed by atoms with van der Waals surface area (Å²) in [6.07, 6.45) is -1.16. The van der Waals surface area contributed by atoms with E-state index in [2.05, 4.69) is 10.1 Å². The Labute approximate surface area is 149 Å². The Bertz CT molecular complexity index is 849. The summed E-state index contributed by atoms with van der Waals surface area (Å²) in [4.78, 5) is 4.11. The molecule has 0 fully saturated rings. The van der Waals surface area contributed by atoms with Crippen molar-refractivity contribution >= 4 is 0 Å². The fourth-order valence-electron chi connectivity index (χ4n) is 2.43. The first-order chi connectivity index (χ1) is 12.6. The highest BCUT2D eigenvalue weighted by atomic mass is 19.3. The lowest BCUT2D eigenvalue weighted by atomic mass is 10.1. The van der Waals surface area contributed by atoms with E-state index in [1.165, 1.54) is 24.1 Å². The van der Waals surface area contributed by atoms with Crippen LogP contribution in [0.25, 0.3) is 16.9 Å². The van der Waals surface area contributed by atoms with Gasteiger partial charge in [0.05, 0.1) is 24.7 Å². The lowest BCUT2D eigenvalue weighted by molar-refractivity contribution is 0.145. The molecule has 0 amide bonds. The van der Waals surface area contributed by atoms with Gasteiger partial charge in [0.25, 0.3) is 6.43 Å². The molecule has 2 aromatic heterocycles. The molecule has 2 heterocycles. The number of benzene rings is 1. The van der Waals surface area contributed by atoms with Gasteiger partial charge in [-0.05, 0) is 36.4 Å². The Morgan fingerprint density at radius 3 is 2.50 bits per heavy atom. The highest BCUT2D eigenvalue weighted by Crippen LogP contribution is 2.29. The molecule has 3 aromatic rings. The summed E-state index contributed by atoms with van der Waals surface area (Å²) in [7, 11) is 1.50. The molecule has 0 unspecified atom stereocenters. The normalized spacial score (nSPS) is 11.0. The zero-order chi connectivity index (χ0) is 18.5. The summed E-state index contributed by atoms with van der Waals surface area (Å²) in [6.45, 7) is 0.821. The molecule has 8 heteroatoms. The van der Waals surface area contributed by atoms with Crippen molar-refractivity contribution < 1.29 is 18.3 Å². The van der Waals surface area contributed by atoms with E-state index in [0.29, 0.717) is 36.2 Å². The maximum atomic E-state index is 13.2. The minimum Gasteiger partial charge on any atom is -0.492 e. The quantitative estimate of drug-likeness (QED) is 0.700. The third kappa shape index (κ3) is 3.80. The maximum absolute atomic E-state index is 13.2. The number of pyridine rings is 1. The Morgan fingerprint density at radius 2 is 1.92 bits per heavy atom. The fraction of sp³-hybridized carbons (Fsp3) is 0.222. The van der Waals surface area contributed by atoms with Gasteiger partial charge in [0, 0.05) is 18.2 Å². The molecule has 3 rings (SSSR count). The van der Waals surface area contributed by atoms with E-state index in [9.17, 15) is 8.78 Å². The molecule has 0 aliphatic heterocycles. The molecule has 0 atom stereocenters. The van der Waals surface area contributed by atoms with Crippen LogP contribution >= 0.6 is 0 Å². The first kappa shape index (κ1) is 17.8. The molecule has 0 radical (unpaired) electrons. The van der Waals surface area contributed by atoms with Gasteiger partial charge in [-0.3, -0.25) is 0 Å². The van der Waals surface area contributed by atoms with E-state index < -0.39 is 6.43 Å². The number of nitrogens with two attached hydrogens (primary N) is 1. The number of ether oxygens (including phenoxy) is 2. The zero-order valence-corrected chi connectivity index (χ0v) is 14.1. The first-order valence-electron chi connectivity index (χ1n) is 7.94. The van der Waals surface area contributed by atoms with Crippen LogP contribution in [0.4, 0.5) is 8.78 Å². The third-order valence-corrected chi connectivity index (χ3v) is 3.66. The van der Waals surface area contributed by atoms with Gasteiger partial charge in [-0.15, -0.1) is 0 Å². The van der Waals surface area contributed by atoms with Crippen LogP contribution in [-0.4, -0.2) is 35.0 Å². The fourth-order valence-corrected chi connectivity index (χ4v) is 2.43. The molecule has 0 aliphatic carbocycles. The van der Waals surface area contributed by atoms with Crippen LogP contribution in [0.15, 0.2) is 48.7 Å². The monoisotopic (exact) mass is 360 g/mol. The van der Waals surface area contributed by atoms with E-state index in [1.54, 1.807) is 36.4 Å². The average Bonchev–Trinajstić information content (AvgIpc) is 3.12. The van der Waals surface area contributed by atoms with Crippen LogP contribution in [0, 0.1) is 0 Å². The van der Waals surface area contributed by atoms with Crippen molar-refractivity contribution in [2.75, 3.05) is 20.3 Å². The van der Waals surface area contributed by atoms with E-state index in [0.717, 1.165) is 5.56 Å². The van der Waals surface area contributed by atoms with Crippen LogP contribution in [-0.2, 0) is 0 Å². The summed E-state index contributed by atoms with van der Waals surface area (Å²) in [5.41, 5.74) is 6.90. The molecule has 0 saturated carbocycles. The van der Waals surface area contributed by atoms with Crippen LogP contribution in [0.5, 0.6) is 11.6 Å². The molecule has 136 valence electrons. The van der Waals surface area contributed by atoms with Gasteiger partial charge in [0.2, 0.25) is 5.88 Å². The van der Waals surface area contributed by atoms with Crippen molar-refractivity contribution in [3.8, 4) is 28.6 Å². The van der Waals surface area contributed by atoms with Crippen LogP contribution < -0.4 is 15.2 Å². The van der Waals surface area contributed by atoms with Gasteiger partial charge in [-0.2, -0.15) is 5.10 Å². The highest BCUT2D eigenvalue weighted by Gasteiger charge is 2.18. The lowest BCUT2D eigenvalue weighted by Gasteiger charge is -2.09. The summed E-state index contributed by atoms with van der Waals surface area (Å²) < 4.78 is 38.2. The summed E-state index contributed by atoms with van der Waals surface area (Å²) in [5.74, 6) is 1.09. The predicted octanol–water partition coefficient (Wildman–Crippen LogP) is 3.22. The topological polar surface area (TPSA) is 75.2 Å². The number of halogens is 2. The number of aromatic nitrogens is 3. The van der Waals surface area contributed by atoms with Gasteiger partial charge in [0.15, 0.2) is 0 Å². The average molecular weight is 360 g/mol.